The number of hydrogen-bond donors (Lipinski definition) is 0. The number of aliphatic imine (C=N–C) groups is 1. The molecule has 5 rings (SSSR count). The number of fused-ring (bicyclic) bond motifs is 1. The van der Waals surface area contributed by atoms with Gasteiger partial charge in [-0.25, -0.2) is 4.39 Å². The predicted octanol–water partition coefficient (Wildman–Crippen LogP) is 7.47. The molecule has 2 aliphatic heterocycles. The quantitative estimate of drug-likeness (QED) is 0.382. The number of dihydropyridines is 1. The summed E-state index contributed by atoms with van der Waals surface area (Å²) in [6, 6.07) is 5.55. The number of benzene rings is 1. The smallest absolute Gasteiger partial charge is 0.131 e. The van der Waals surface area contributed by atoms with E-state index in [0.29, 0.717) is 5.56 Å². The van der Waals surface area contributed by atoms with E-state index >= 15 is 0 Å². The number of hydrogen-bond acceptors (Lipinski definition) is 2. The first-order chi connectivity index (χ1) is 16.1. The van der Waals surface area contributed by atoms with Gasteiger partial charge in [-0.05, 0) is 86.7 Å². The Hall–Kier alpha value is -2.00. The highest BCUT2D eigenvalue weighted by molar-refractivity contribution is 5.98. The van der Waals surface area contributed by atoms with Gasteiger partial charge in [-0.3, -0.25) is 4.99 Å². The zero-order chi connectivity index (χ0) is 22.8. The molecule has 178 valence electrons. The summed E-state index contributed by atoms with van der Waals surface area (Å²) in [6.07, 6.45) is 18.6. The molecule has 1 saturated heterocycles. The molecule has 0 radical (unpaired) electrons. The molecule has 0 spiro atoms. The Bertz CT molecular complexity index is 988. The van der Waals surface area contributed by atoms with E-state index in [4.69, 9.17) is 4.99 Å². The average molecular weight is 449 g/mol. The fourth-order valence-electron chi connectivity index (χ4n) is 5.94. The molecule has 0 amide bonds. The molecule has 1 aromatic rings. The van der Waals surface area contributed by atoms with Crippen molar-refractivity contribution in [2.24, 2.45) is 28.7 Å². The third kappa shape index (κ3) is 5.40. The molecule has 33 heavy (non-hydrogen) atoms. The van der Waals surface area contributed by atoms with E-state index < -0.39 is 0 Å². The summed E-state index contributed by atoms with van der Waals surface area (Å²) >= 11 is 0. The molecule has 2 nitrogen and oxygen atoms in total. The Balaban J connectivity index is 0.00000274. The van der Waals surface area contributed by atoms with Crippen molar-refractivity contribution >= 4 is 11.3 Å². The molecule has 2 aliphatic carbocycles. The second kappa shape index (κ2) is 10.1. The SMILES string of the molecule is CCCc1ccc(F)c(C2=C3N=C(CCCN4CCC(CC5CC5)C(C)C4)C=CC3C=C2)c1.[HH]. The van der Waals surface area contributed by atoms with Crippen LogP contribution in [0, 0.1) is 29.5 Å². The van der Waals surface area contributed by atoms with Gasteiger partial charge in [0.05, 0.1) is 5.70 Å². The lowest BCUT2D eigenvalue weighted by Gasteiger charge is -2.37. The topological polar surface area (TPSA) is 15.6 Å². The Morgan fingerprint density at radius 1 is 1.12 bits per heavy atom. The van der Waals surface area contributed by atoms with Crippen molar-refractivity contribution in [2.45, 2.75) is 65.2 Å². The number of allylic oxidation sites excluding steroid dienone is 4. The van der Waals surface area contributed by atoms with Crippen LogP contribution in [-0.4, -0.2) is 30.2 Å². The first-order valence-electron chi connectivity index (χ1n) is 13.3. The van der Waals surface area contributed by atoms with Gasteiger partial charge >= 0.3 is 0 Å². The summed E-state index contributed by atoms with van der Waals surface area (Å²) < 4.78 is 14.7. The van der Waals surface area contributed by atoms with Gasteiger partial charge in [-0.1, -0.05) is 57.4 Å². The summed E-state index contributed by atoms with van der Waals surface area (Å²) in [7, 11) is 0. The Labute approximate surface area is 200 Å². The van der Waals surface area contributed by atoms with Gasteiger partial charge in [0.15, 0.2) is 0 Å². The van der Waals surface area contributed by atoms with E-state index in [1.165, 1.54) is 44.3 Å². The largest absolute Gasteiger partial charge is 0.303 e. The van der Waals surface area contributed by atoms with Crippen LogP contribution >= 0.6 is 0 Å². The van der Waals surface area contributed by atoms with Gasteiger partial charge in [0, 0.05) is 30.7 Å². The number of aryl methyl sites for hydroxylation is 1. The van der Waals surface area contributed by atoms with Crippen LogP contribution in [0.5, 0.6) is 0 Å². The van der Waals surface area contributed by atoms with Crippen molar-refractivity contribution in [3.8, 4) is 0 Å². The van der Waals surface area contributed by atoms with Crippen LogP contribution in [0.4, 0.5) is 4.39 Å². The van der Waals surface area contributed by atoms with Gasteiger partial charge in [-0.2, -0.15) is 0 Å². The number of halogens is 1. The van der Waals surface area contributed by atoms with Gasteiger partial charge in [0.25, 0.3) is 0 Å². The summed E-state index contributed by atoms with van der Waals surface area (Å²) in [6.45, 7) is 8.31. The normalized spacial score (nSPS) is 27.2. The highest BCUT2D eigenvalue weighted by Gasteiger charge is 2.31. The number of nitrogens with zero attached hydrogens (tertiary/aromatic N) is 2. The molecule has 1 saturated carbocycles. The molecule has 2 fully saturated rings. The Morgan fingerprint density at radius 3 is 2.76 bits per heavy atom. The van der Waals surface area contributed by atoms with Crippen molar-refractivity contribution in [1.82, 2.24) is 4.90 Å². The van der Waals surface area contributed by atoms with E-state index in [-0.39, 0.29) is 13.2 Å². The molecular formula is C30H41FN2. The van der Waals surface area contributed by atoms with Crippen LogP contribution in [0.3, 0.4) is 0 Å². The molecule has 0 bridgehead atoms. The molecule has 0 aromatic heterocycles. The van der Waals surface area contributed by atoms with Crippen molar-refractivity contribution in [1.29, 1.82) is 0 Å². The van der Waals surface area contributed by atoms with E-state index in [9.17, 15) is 4.39 Å². The number of piperidine rings is 1. The van der Waals surface area contributed by atoms with Crippen molar-refractivity contribution in [3.63, 3.8) is 0 Å². The van der Waals surface area contributed by atoms with Crippen LogP contribution in [0.2, 0.25) is 0 Å². The molecule has 1 aromatic carbocycles. The Kier molecular flexibility index (Phi) is 6.97. The van der Waals surface area contributed by atoms with E-state index in [1.54, 1.807) is 6.07 Å². The minimum absolute atomic E-state index is 0. The minimum atomic E-state index is -0.145. The number of likely N-dealkylation sites (tertiary alicyclic amines) is 1. The predicted molar refractivity (Wildman–Crippen MR) is 139 cm³/mol. The van der Waals surface area contributed by atoms with Gasteiger partial charge in [0.1, 0.15) is 5.82 Å². The molecule has 2 heterocycles. The monoisotopic (exact) mass is 448 g/mol. The standard InChI is InChI=1S/C30H39FN2.H2/c1-3-5-22-9-14-29(31)28(19-22)27-13-11-24-10-12-26(32-30(24)27)6-4-16-33-17-15-25(21(2)20-33)18-23-7-8-23;/h9-14,19,21,23-25H,3-8,15-18,20H2,1-2H3;1H. The van der Waals surface area contributed by atoms with Crippen molar-refractivity contribution in [3.05, 3.63) is 65.1 Å². The highest BCUT2D eigenvalue weighted by Crippen LogP contribution is 2.40. The van der Waals surface area contributed by atoms with E-state index in [1.807, 2.05) is 12.1 Å². The van der Waals surface area contributed by atoms with Crippen LogP contribution < -0.4 is 0 Å². The third-order valence-corrected chi connectivity index (χ3v) is 8.09. The lowest BCUT2D eigenvalue weighted by Crippen LogP contribution is -2.40. The summed E-state index contributed by atoms with van der Waals surface area (Å²) in [4.78, 5) is 7.70. The third-order valence-electron chi connectivity index (χ3n) is 8.09. The molecule has 3 heteroatoms. The fourth-order valence-corrected chi connectivity index (χ4v) is 5.94. The number of rotatable bonds is 9. The Morgan fingerprint density at radius 2 is 1.97 bits per heavy atom. The minimum Gasteiger partial charge on any atom is -0.303 e. The lowest BCUT2D eigenvalue weighted by molar-refractivity contribution is 0.120. The summed E-state index contributed by atoms with van der Waals surface area (Å²) in [5.74, 6) is 2.88. The molecule has 4 aliphatic rings. The van der Waals surface area contributed by atoms with Gasteiger partial charge < -0.3 is 4.90 Å². The first kappa shape index (κ1) is 22.8. The van der Waals surface area contributed by atoms with Crippen LogP contribution in [0.15, 0.2) is 53.2 Å². The zero-order valence-electron chi connectivity index (χ0n) is 20.4. The summed E-state index contributed by atoms with van der Waals surface area (Å²) in [5, 5.41) is 0. The fraction of sp³-hybridized carbons (Fsp3) is 0.567. The summed E-state index contributed by atoms with van der Waals surface area (Å²) in [5.41, 5.74) is 5.03. The van der Waals surface area contributed by atoms with Crippen LogP contribution in [-0.2, 0) is 6.42 Å². The molecule has 3 atom stereocenters. The average Bonchev–Trinajstić information content (AvgIpc) is 3.54. The van der Waals surface area contributed by atoms with Gasteiger partial charge in [-0.15, -0.1) is 0 Å². The maximum Gasteiger partial charge on any atom is 0.131 e. The maximum absolute atomic E-state index is 14.7. The van der Waals surface area contributed by atoms with E-state index in [0.717, 1.165) is 67.0 Å². The van der Waals surface area contributed by atoms with Crippen LogP contribution in [0.25, 0.3) is 5.57 Å². The van der Waals surface area contributed by atoms with E-state index in [2.05, 4.69) is 43.1 Å². The second-order valence-corrected chi connectivity index (χ2v) is 10.8. The maximum atomic E-state index is 14.7. The molecule has 0 N–H and O–H groups in total. The van der Waals surface area contributed by atoms with Gasteiger partial charge in [0.2, 0.25) is 0 Å². The first-order valence-corrected chi connectivity index (χ1v) is 13.3. The van der Waals surface area contributed by atoms with Crippen molar-refractivity contribution in [2.75, 3.05) is 19.6 Å². The van der Waals surface area contributed by atoms with Crippen LogP contribution in [0.1, 0.15) is 71.3 Å². The molecular weight excluding hydrogens is 407 g/mol. The molecule has 3 unspecified atom stereocenters. The second-order valence-electron chi connectivity index (χ2n) is 10.8. The zero-order valence-corrected chi connectivity index (χ0v) is 20.4. The lowest BCUT2D eigenvalue weighted by atomic mass is 9.83. The highest BCUT2D eigenvalue weighted by atomic mass is 19.1. The van der Waals surface area contributed by atoms with Crippen molar-refractivity contribution < 1.29 is 5.82 Å².